The fourth-order valence-electron chi connectivity index (χ4n) is 4.72. The van der Waals surface area contributed by atoms with Gasteiger partial charge in [0.2, 0.25) is 0 Å². The van der Waals surface area contributed by atoms with E-state index in [4.69, 9.17) is 4.74 Å². The SMILES string of the molecule is CCCCCO[C@@H]1CCC[C@@H](C2CCC(CCC)CC2)C1. The third kappa shape index (κ3) is 5.93. The van der Waals surface area contributed by atoms with Crippen LogP contribution < -0.4 is 0 Å². The van der Waals surface area contributed by atoms with Crippen LogP contribution in [0.4, 0.5) is 0 Å². The Hall–Kier alpha value is -0.0400. The molecule has 0 unspecified atom stereocenters. The molecule has 2 aliphatic rings. The van der Waals surface area contributed by atoms with Gasteiger partial charge in [-0.2, -0.15) is 0 Å². The van der Waals surface area contributed by atoms with Crippen molar-refractivity contribution in [2.45, 2.75) is 103 Å². The molecular formula is C20H38O. The number of unbranched alkanes of at least 4 members (excludes halogenated alkanes) is 2. The fraction of sp³-hybridized carbons (Fsp3) is 1.00. The standard InChI is InChI=1S/C20H38O/c1-3-5-6-15-21-20-10-7-9-19(16-20)18-13-11-17(8-4-2)12-14-18/h17-20H,3-16H2,1-2H3/t17?,18?,19-,20-/m1/s1. The van der Waals surface area contributed by atoms with Gasteiger partial charge < -0.3 is 4.74 Å². The molecule has 124 valence electrons. The maximum absolute atomic E-state index is 6.17. The summed E-state index contributed by atoms with van der Waals surface area (Å²) in [6.45, 7) is 5.62. The van der Waals surface area contributed by atoms with E-state index in [0.717, 1.165) is 24.4 Å². The van der Waals surface area contributed by atoms with Crippen molar-refractivity contribution in [2.24, 2.45) is 17.8 Å². The van der Waals surface area contributed by atoms with Gasteiger partial charge in [-0.05, 0) is 56.3 Å². The Balaban J connectivity index is 1.66. The molecule has 2 aliphatic carbocycles. The van der Waals surface area contributed by atoms with Gasteiger partial charge in [-0.15, -0.1) is 0 Å². The molecule has 0 bridgehead atoms. The number of rotatable bonds is 8. The van der Waals surface area contributed by atoms with Crippen LogP contribution in [0.25, 0.3) is 0 Å². The normalized spacial score (nSPS) is 34.0. The first kappa shape index (κ1) is 17.3. The molecular weight excluding hydrogens is 256 g/mol. The highest BCUT2D eigenvalue weighted by molar-refractivity contribution is 4.82. The predicted molar refractivity (Wildman–Crippen MR) is 91.6 cm³/mol. The van der Waals surface area contributed by atoms with E-state index < -0.39 is 0 Å². The molecule has 1 heteroatoms. The maximum Gasteiger partial charge on any atom is 0.0577 e. The molecule has 0 heterocycles. The van der Waals surface area contributed by atoms with Crippen LogP contribution in [0.5, 0.6) is 0 Å². The fourth-order valence-corrected chi connectivity index (χ4v) is 4.72. The molecule has 0 aromatic heterocycles. The van der Waals surface area contributed by atoms with Crippen molar-refractivity contribution in [3.8, 4) is 0 Å². The quantitative estimate of drug-likeness (QED) is 0.473. The van der Waals surface area contributed by atoms with E-state index in [1.165, 1.54) is 83.5 Å². The minimum atomic E-state index is 0.592. The Morgan fingerprint density at radius 2 is 1.62 bits per heavy atom. The van der Waals surface area contributed by atoms with E-state index in [1.54, 1.807) is 0 Å². The molecule has 0 aromatic carbocycles. The zero-order chi connectivity index (χ0) is 14.9. The maximum atomic E-state index is 6.17. The van der Waals surface area contributed by atoms with Crippen LogP contribution >= 0.6 is 0 Å². The lowest BCUT2D eigenvalue weighted by atomic mass is 9.70. The Morgan fingerprint density at radius 1 is 0.810 bits per heavy atom. The van der Waals surface area contributed by atoms with E-state index in [2.05, 4.69) is 13.8 Å². The van der Waals surface area contributed by atoms with E-state index in [-0.39, 0.29) is 0 Å². The second-order valence-electron chi connectivity index (χ2n) is 7.70. The molecule has 0 amide bonds. The third-order valence-electron chi connectivity index (χ3n) is 6.02. The minimum Gasteiger partial charge on any atom is -0.378 e. The monoisotopic (exact) mass is 294 g/mol. The van der Waals surface area contributed by atoms with Gasteiger partial charge in [-0.1, -0.05) is 58.8 Å². The lowest BCUT2D eigenvalue weighted by Crippen LogP contribution is -2.30. The Morgan fingerprint density at radius 3 is 2.33 bits per heavy atom. The van der Waals surface area contributed by atoms with Crippen LogP contribution in [0.2, 0.25) is 0 Å². The van der Waals surface area contributed by atoms with Crippen molar-refractivity contribution in [3.63, 3.8) is 0 Å². The highest BCUT2D eigenvalue weighted by Crippen LogP contribution is 2.41. The zero-order valence-corrected chi connectivity index (χ0v) is 14.6. The summed E-state index contributed by atoms with van der Waals surface area (Å²) in [5.41, 5.74) is 0. The first-order valence-electron chi connectivity index (χ1n) is 9.95. The average molecular weight is 295 g/mol. The Labute approximate surface area is 133 Å². The molecule has 2 rings (SSSR count). The topological polar surface area (TPSA) is 9.23 Å². The molecule has 0 N–H and O–H groups in total. The lowest BCUT2D eigenvalue weighted by molar-refractivity contribution is -0.00356. The predicted octanol–water partition coefficient (Wildman–Crippen LogP) is 6.36. The number of hydrogen-bond donors (Lipinski definition) is 0. The highest BCUT2D eigenvalue weighted by Gasteiger charge is 2.31. The largest absolute Gasteiger partial charge is 0.378 e. The van der Waals surface area contributed by atoms with Gasteiger partial charge in [0.1, 0.15) is 0 Å². The van der Waals surface area contributed by atoms with Gasteiger partial charge in [-0.25, -0.2) is 0 Å². The van der Waals surface area contributed by atoms with Gasteiger partial charge in [0.25, 0.3) is 0 Å². The van der Waals surface area contributed by atoms with Gasteiger partial charge >= 0.3 is 0 Å². The Kier molecular flexibility index (Phi) is 8.14. The van der Waals surface area contributed by atoms with Crippen LogP contribution in [0.3, 0.4) is 0 Å². The van der Waals surface area contributed by atoms with E-state index in [0.29, 0.717) is 6.10 Å². The van der Waals surface area contributed by atoms with Crippen molar-refractivity contribution in [1.82, 2.24) is 0 Å². The van der Waals surface area contributed by atoms with Crippen molar-refractivity contribution >= 4 is 0 Å². The van der Waals surface area contributed by atoms with Crippen LogP contribution in [-0.2, 0) is 4.74 Å². The molecule has 2 fully saturated rings. The number of hydrogen-bond acceptors (Lipinski definition) is 1. The van der Waals surface area contributed by atoms with Crippen LogP contribution in [0, 0.1) is 17.8 Å². The Bertz CT molecular complexity index is 255. The van der Waals surface area contributed by atoms with Crippen molar-refractivity contribution < 1.29 is 4.74 Å². The average Bonchev–Trinajstić information content (AvgIpc) is 2.53. The van der Waals surface area contributed by atoms with Gasteiger partial charge in [0.05, 0.1) is 6.10 Å². The summed E-state index contributed by atoms with van der Waals surface area (Å²) in [5, 5.41) is 0. The minimum absolute atomic E-state index is 0.592. The molecule has 2 atom stereocenters. The summed E-state index contributed by atoms with van der Waals surface area (Å²) >= 11 is 0. The van der Waals surface area contributed by atoms with Crippen LogP contribution in [0.1, 0.15) is 97.3 Å². The summed E-state index contributed by atoms with van der Waals surface area (Å²) in [7, 11) is 0. The van der Waals surface area contributed by atoms with E-state index >= 15 is 0 Å². The van der Waals surface area contributed by atoms with Crippen molar-refractivity contribution in [1.29, 1.82) is 0 Å². The molecule has 0 aromatic rings. The molecule has 0 saturated heterocycles. The molecule has 21 heavy (non-hydrogen) atoms. The highest BCUT2D eigenvalue weighted by atomic mass is 16.5. The molecule has 0 radical (unpaired) electrons. The van der Waals surface area contributed by atoms with Crippen LogP contribution in [-0.4, -0.2) is 12.7 Å². The molecule has 2 saturated carbocycles. The zero-order valence-electron chi connectivity index (χ0n) is 14.6. The van der Waals surface area contributed by atoms with Gasteiger partial charge in [0, 0.05) is 6.61 Å². The molecule has 0 spiro atoms. The molecule has 0 aliphatic heterocycles. The van der Waals surface area contributed by atoms with Crippen molar-refractivity contribution in [3.05, 3.63) is 0 Å². The third-order valence-corrected chi connectivity index (χ3v) is 6.02. The second-order valence-corrected chi connectivity index (χ2v) is 7.70. The van der Waals surface area contributed by atoms with E-state index in [9.17, 15) is 0 Å². The summed E-state index contributed by atoms with van der Waals surface area (Å²) in [5.74, 6) is 3.06. The summed E-state index contributed by atoms with van der Waals surface area (Å²) in [6.07, 6.45) is 19.0. The van der Waals surface area contributed by atoms with Crippen molar-refractivity contribution in [2.75, 3.05) is 6.61 Å². The first-order chi connectivity index (χ1) is 10.3. The first-order valence-corrected chi connectivity index (χ1v) is 9.95. The summed E-state index contributed by atoms with van der Waals surface area (Å²) < 4.78 is 6.17. The van der Waals surface area contributed by atoms with Gasteiger partial charge in [-0.3, -0.25) is 0 Å². The second kappa shape index (κ2) is 9.87. The smallest absolute Gasteiger partial charge is 0.0577 e. The van der Waals surface area contributed by atoms with E-state index in [1.807, 2.05) is 0 Å². The lowest BCUT2D eigenvalue weighted by Gasteiger charge is -2.38. The summed E-state index contributed by atoms with van der Waals surface area (Å²) in [6, 6.07) is 0. The number of ether oxygens (including phenoxy) is 1. The summed E-state index contributed by atoms with van der Waals surface area (Å²) in [4.78, 5) is 0. The van der Waals surface area contributed by atoms with Gasteiger partial charge in [0.15, 0.2) is 0 Å². The van der Waals surface area contributed by atoms with Crippen LogP contribution in [0.15, 0.2) is 0 Å². The molecule has 1 nitrogen and oxygen atoms in total.